The molecular formula is C17H18F3N3O5. The molecule has 0 bridgehead atoms. The van der Waals surface area contributed by atoms with E-state index >= 15 is 0 Å². The van der Waals surface area contributed by atoms with E-state index in [1.165, 1.54) is 33.9 Å². The maximum absolute atomic E-state index is 12.7. The number of likely N-dealkylation sites (N-methyl/N-ethyl adjacent to an activating group) is 1. The number of hydrogen-bond donors (Lipinski definition) is 1. The summed E-state index contributed by atoms with van der Waals surface area (Å²) in [6.07, 6.45) is -4.83. The van der Waals surface area contributed by atoms with Gasteiger partial charge in [-0.15, -0.1) is 13.2 Å². The van der Waals surface area contributed by atoms with Gasteiger partial charge < -0.3 is 24.5 Å². The highest BCUT2D eigenvalue weighted by Crippen LogP contribution is 2.25. The molecule has 2 aliphatic rings. The summed E-state index contributed by atoms with van der Waals surface area (Å²) in [4.78, 5) is 41.5. The fraction of sp³-hybridized carbons (Fsp3) is 0.471. The second-order valence-electron chi connectivity index (χ2n) is 6.52. The molecule has 2 fully saturated rings. The number of alkyl halides is 3. The highest BCUT2D eigenvalue weighted by Gasteiger charge is 2.47. The number of carbonyl (C=O) groups is 3. The minimum Gasteiger partial charge on any atom is -0.406 e. The third-order valence-electron chi connectivity index (χ3n) is 4.84. The van der Waals surface area contributed by atoms with E-state index in [1.807, 2.05) is 0 Å². The first-order valence-electron chi connectivity index (χ1n) is 8.45. The van der Waals surface area contributed by atoms with Crippen molar-refractivity contribution in [1.29, 1.82) is 0 Å². The van der Waals surface area contributed by atoms with Crippen LogP contribution in [0.3, 0.4) is 0 Å². The van der Waals surface area contributed by atoms with Gasteiger partial charge in [0.2, 0.25) is 11.8 Å². The van der Waals surface area contributed by atoms with Gasteiger partial charge in [0.05, 0.1) is 13.2 Å². The first-order valence-corrected chi connectivity index (χ1v) is 8.45. The van der Waals surface area contributed by atoms with Crippen LogP contribution in [0.5, 0.6) is 5.75 Å². The van der Waals surface area contributed by atoms with Crippen LogP contribution in [0.25, 0.3) is 0 Å². The predicted octanol–water partition coefficient (Wildman–Crippen LogP) is 0.0711. The van der Waals surface area contributed by atoms with E-state index in [-0.39, 0.29) is 37.0 Å². The van der Waals surface area contributed by atoms with Crippen LogP contribution >= 0.6 is 0 Å². The zero-order chi connectivity index (χ0) is 20.6. The Morgan fingerprint density at radius 3 is 2.39 bits per heavy atom. The van der Waals surface area contributed by atoms with E-state index in [0.29, 0.717) is 0 Å². The maximum atomic E-state index is 12.7. The number of piperazine rings is 2. The zero-order valence-corrected chi connectivity index (χ0v) is 14.8. The molecule has 0 radical (unpaired) electrons. The van der Waals surface area contributed by atoms with Gasteiger partial charge in [-0.25, -0.2) is 0 Å². The van der Waals surface area contributed by atoms with Crippen LogP contribution in [0.1, 0.15) is 10.4 Å². The number of amides is 3. The first-order chi connectivity index (χ1) is 13.1. The van der Waals surface area contributed by atoms with Crippen LogP contribution in [0, 0.1) is 0 Å². The molecule has 0 aromatic heterocycles. The van der Waals surface area contributed by atoms with Gasteiger partial charge in [-0.1, -0.05) is 0 Å². The number of rotatable bonds is 3. The lowest BCUT2D eigenvalue weighted by Gasteiger charge is -2.47. The Labute approximate surface area is 158 Å². The van der Waals surface area contributed by atoms with Crippen molar-refractivity contribution in [3.63, 3.8) is 0 Å². The smallest absolute Gasteiger partial charge is 0.406 e. The Morgan fingerprint density at radius 2 is 1.82 bits per heavy atom. The van der Waals surface area contributed by atoms with E-state index < -0.39 is 36.7 Å². The molecule has 2 heterocycles. The number of aliphatic hydroxyl groups excluding tert-OH is 1. The van der Waals surface area contributed by atoms with E-state index in [2.05, 4.69) is 4.74 Å². The molecule has 3 amide bonds. The van der Waals surface area contributed by atoms with Crippen molar-refractivity contribution in [1.82, 2.24) is 14.7 Å². The van der Waals surface area contributed by atoms with Gasteiger partial charge in [0, 0.05) is 25.7 Å². The molecule has 2 aliphatic heterocycles. The zero-order valence-electron chi connectivity index (χ0n) is 14.8. The Hall–Kier alpha value is -2.82. The van der Waals surface area contributed by atoms with Gasteiger partial charge >= 0.3 is 6.36 Å². The van der Waals surface area contributed by atoms with Crippen molar-refractivity contribution in [2.75, 3.05) is 33.3 Å². The fourth-order valence-electron chi connectivity index (χ4n) is 3.37. The van der Waals surface area contributed by atoms with Gasteiger partial charge in [-0.3, -0.25) is 14.4 Å². The van der Waals surface area contributed by atoms with Gasteiger partial charge in [-0.2, -0.15) is 0 Å². The summed E-state index contributed by atoms with van der Waals surface area (Å²) in [5.74, 6) is -1.68. The van der Waals surface area contributed by atoms with Gasteiger partial charge in [0.25, 0.3) is 5.91 Å². The number of halogens is 3. The third kappa shape index (κ3) is 3.75. The normalized spacial score (nSPS) is 23.0. The first kappa shape index (κ1) is 19.9. The fourth-order valence-corrected chi connectivity index (χ4v) is 3.37. The summed E-state index contributed by atoms with van der Waals surface area (Å²) >= 11 is 0. The molecule has 0 saturated carbocycles. The van der Waals surface area contributed by atoms with Crippen LogP contribution in [-0.2, 0) is 9.59 Å². The summed E-state index contributed by atoms with van der Waals surface area (Å²) in [6, 6.07) is 2.69. The van der Waals surface area contributed by atoms with Gasteiger partial charge in [0.1, 0.15) is 17.8 Å². The topological polar surface area (TPSA) is 90.4 Å². The Bertz CT molecular complexity index is 783. The van der Waals surface area contributed by atoms with E-state index in [4.69, 9.17) is 0 Å². The quantitative estimate of drug-likeness (QED) is 0.774. The van der Waals surface area contributed by atoms with Crippen molar-refractivity contribution >= 4 is 17.7 Å². The summed E-state index contributed by atoms with van der Waals surface area (Å²) < 4.78 is 40.4. The highest BCUT2D eigenvalue weighted by molar-refractivity contribution is 5.99. The Balaban J connectivity index is 1.72. The second-order valence-corrected chi connectivity index (χ2v) is 6.52. The van der Waals surface area contributed by atoms with E-state index in [0.717, 1.165) is 12.1 Å². The Morgan fingerprint density at radius 1 is 1.18 bits per heavy atom. The number of benzene rings is 1. The average Bonchev–Trinajstić information content (AvgIpc) is 2.65. The lowest BCUT2D eigenvalue weighted by Crippen LogP contribution is -2.70. The molecule has 8 nitrogen and oxygen atoms in total. The molecule has 2 atom stereocenters. The Kier molecular flexibility index (Phi) is 5.20. The van der Waals surface area contributed by atoms with E-state index in [1.54, 1.807) is 0 Å². The largest absolute Gasteiger partial charge is 0.573 e. The molecular weight excluding hydrogens is 383 g/mol. The molecule has 1 N–H and O–H groups in total. The van der Waals surface area contributed by atoms with Gasteiger partial charge in [0.15, 0.2) is 0 Å². The van der Waals surface area contributed by atoms with Gasteiger partial charge in [-0.05, 0) is 24.3 Å². The van der Waals surface area contributed by atoms with Crippen LogP contribution in [-0.4, -0.2) is 89.3 Å². The summed E-state index contributed by atoms with van der Waals surface area (Å²) in [7, 11) is 1.42. The van der Waals surface area contributed by atoms with Crippen molar-refractivity contribution in [2.24, 2.45) is 0 Å². The lowest BCUT2D eigenvalue weighted by atomic mass is 10.0. The molecule has 0 spiro atoms. The number of aliphatic hydroxyl groups is 1. The minimum atomic E-state index is -4.83. The molecule has 2 saturated heterocycles. The SMILES string of the molecule is CN1C(=O)[C@H]2CN(C(=O)c3ccc(OC(F)(F)F)cc3)CCN2C(=O)[C@@H]1CO. The highest BCUT2D eigenvalue weighted by atomic mass is 19.4. The molecule has 1 aromatic rings. The number of nitrogens with zero attached hydrogens (tertiary/aromatic N) is 3. The predicted molar refractivity (Wildman–Crippen MR) is 88.2 cm³/mol. The van der Waals surface area contributed by atoms with Crippen molar-refractivity contribution < 1.29 is 37.4 Å². The summed E-state index contributed by atoms with van der Waals surface area (Å²) in [5.41, 5.74) is 0.138. The molecule has 1 aromatic carbocycles. The molecule has 28 heavy (non-hydrogen) atoms. The maximum Gasteiger partial charge on any atom is 0.573 e. The standard InChI is InChI=1S/C17H18F3N3O5/c1-21-13(9-24)16(27)23-7-6-22(8-12(23)15(21)26)14(25)10-2-4-11(5-3-10)28-17(18,19)20/h2-5,12-13,24H,6-9H2,1H3/t12-,13+/m1/s1. The molecule has 0 unspecified atom stereocenters. The lowest BCUT2D eigenvalue weighted by molar-refractivity contribution is -0.274. The van der Waals surface area contributed by atoms with Crippen LogP contribution in [0.15, 0.2) is 24.3 Å². The summed E-state index contributed by atoms with van der Waals surface area (Å²) in [6.45, 7) is -0.233. The third-order valence-corrected chi connectivity index (χ3v) is 4.84. The number of ether oxygens (including phenoxy) is 1. The molecule has 11 heteroatoms. The minimum absolute atomic E-state index is 0.0350. The molecule has 152 valence electrons. The van der Waals surface area contributed by atoms with Crippen molar-refractivity contribution in [3.8, 4) is 5.75 Å². The van der Waals surface area contributed by atoms with Crippen molar-refractivity contribution in [2.45, 2.75) is 18.4 Å². The molecule has 3 rings (SSSR count). The molecule has 0 aliphatic carbocycles. The van der Waals surface area contributed by atoms with E-state index in [9.17, 15) is 32.7 Å². The number of fused-ring (bicyclic) bond motifs is 1. The van der Waals surface area contributed by atoms with Crippen LogP contribution in [0.2, 0.25) is 0 Å². The number of carbonyl (C=O) groups excluding carboxylic acids is 3. The summed E-state index contributed by atoms with van der Waals surface area (Å²) in [5, 5.41) is 9.34. The van der Waals surface area contributed by atoms with Crippen LogP contribution < -0.4 is 4.74 Å². The monoisotopic (exact) mass is 401 g/mol. The van der Waals surface area contributed by atoms with Crippen molar-refractivity contribution in [3.05, 3.63) is 29.8 Å². The second kappa shape index (κ2) is 7.30. The average molecular weight is 401 g/mol. The number of hydrogen-bond acceptors (Lipinski definition) is 5. The van der Waals surface area contributed by atoms with Crippen LogP contribution in [0.4, 0.5) is 13.2 Å².